The number of sulfonamides is 1. The molecule has 0 saturated heterocycles. The van der Waals surface area contributed by atoms with E-state index in [0.29, 0.717) is 32.6 Å². The Bertz CT molecular complexity index is 1470. The van der Waals surface area contributed by atoms with Gasteiger partial charge in [0.05, 0.1) is 10.6 Å². The first-order valence-electron chi connectivity index (χ1n) is 13.3. The molecule has 2 amide bonds. The number of nitrogens with one attached hydrogen (secondary N) is 1. The van der Waals surface area contributed by atoms with Crippen molar-refractivity contribution in [3.05, 3.63) is 92.9 Å². The van der Waals surface area contributed by atoms with Gasteiger partial charge in [0.2, 0.25) is 11.8 Å². The number of hydrogen-bond acceptors (Lipinski definition) is 4. The molecule has 0 aliphatic heterocycles. The van der Waals surface area contributed by atoms with Crippen molar-refractivity contribution < 1.29 is 18.0 Å². The molecule has 0 radical (unpaired) electrons. The van der Waals surface area contributed by atoms with Gasteiger partial charge in [-0.1, -0.05) is 79.0 Å². The van der Waals surface area contributed by atoms with Gasteiger partial charge in [0.15, 0.2) is 0 Å². The van der Waals surface area contributed by atoms with Crippen LogP contribution in [0.15, 0.2) is 71.6 Å². The second-order valence-electron chi connectivity index (χ2n) is 9.67. The molecule has 0 bridgehead atoms. The summed E-state index contributed by atoms with van der Waals surface area (Å²) in [6.45, 7) is 6.60. The molecular weight excluding hydrogens is 605 g/mol. The second kappa shape index (κ2) is 14.4. The number of carbonyl (C=O) groups excluding carboxylic acids is 2. The van der Waals surface area contributed by atoms with Crippen molar-refractivity contribution in [1.29, 1.82) is 0 Å². The Hall–Kier alpha value is -2.78. The van der Waals surface area contributed by atoms with E-state index in [1.807, 2.05) is 13.8 Å². The van der Waals surface area contributed by atoms with E-state index in [9.17, 15) is 18.0 Å². The summed E-state index contributed by atoms with van der Waals surface area (Å²) in [5.74, 6) is -0.958. The number of nitrogens with zero attached hydrogens (tertiary/aromatic N) is 2. The molecule has 220 valence electrons. The summed E-state index contributed by atoms with van der Waals surface area (Å²) in [5, 5.41) is 3.94. The predicted octanol–water partition coefficient (Wildman–Crippen LogP) is 6.87. The van der Waals surface area contributed by atoms with Gasteiger partial charge in [0, 0.05) is 33.2 Å². The maximum atomic E-state index is 14.2. The van der Waals surface area contributed by atoms with Crippen LogP contribution in [0.3, 0.4) is 0 Å². The lowest BCUT2D eigenvalue weighted by atomic mass is 10.1. The molecule has 1 N–H and O–H groups in total. The fourth-order valence-electron chi connectivity index (χ4n) is 4.31. The Morgan fingerprint density at radius 2 is 1.44 bits per heavy atom. The van der Waals surface area contributed by atoms with Gasteiger partial charge in [-0.05, 0) is 68.7 Å². The van der Waals surface area contributed by atoms with Crippen LogP contribution in [0.25, 0.3) is 0 Å². The number of anilines is 1. The van der Waals surface area contributed by atoms with Gasteiger partial charge in [-0.25, -0.2) is 8.42 Å². The molecule has 0 spiro atoms. The number of rotatable bonds is 12. The molecule has 2 atom stereocenters. The number of carbonyl (C=O) groups is 2. The van der Waals surface area contributed by atoms with Crippen LogP contribution in [0.4, 0.5) is 5.69 Å². The summed E-state index contributed by atoms with van der Waals surface area (Å²) < 4.78 is 29.0. The van der Waals surface area contributed by atoms with E-state index in [0.717, 1.165) is 4.31 Å². The van der Waals surface area contributed by atoms with E-state index >= 15 is 0 Å². The van der Waals surface area contributed by atoms with E-state index in [2.05, 4.69) is 5.32 Å². The topological polar surface area (TPSA) is 86.8 Å². The maximum Gasteiger partial charge on any atom is 0.264 e. The summed E-state index contributed by atoms with van der Waals surface area (Å²) in [5.41, 5.74) is 1.20. The van der Waals surface area contributed by atoms with Crippen molar-refractivity contribution in [3.63, 3.8) is 0 Å². The van der Waals surface area contributed by atoms with Crippen LogP contribution in [0.2, 0.25) is 15.1 Å². The highest BCUT2D eigenvalue weighted by molar-refractivity contribution is 7.92. The highest BCUT2D eigenvalue weighted by atomic mass is 35.5. The van der Waals surface area contributed by atoms with E-state index in [4.69, 9.17) is 34.8 Å². The van der Waals surface area contributed by atoms with Crippen molar-refractivity contribution in [3.8, 4) is 0 Å². The third-order valence-corrected chi connectivity index (χ3v) is 9.79. The lowest BCUT2D eigenvalue weighted by molar-refractivity contribution is -0.140. The van der Waals surface area contributed by atoms with Gasteiger partial charge >= 0.3 is 0 Å². The molecule has 3 aromatic rings. The van der Waals surface area contributed by atoms with Crippen molar-refractivity contribution >= 4 is 62.3 Å². The van der Waals surface area contributed by atoms with Gasteiger partial charge in [-0.3, -0.25) is 13.9 Å². The van der Waals surface area contributed by atoms with Crippen LogP contribution >= 0.6 is 34.8 Å². The lowest BCUT2D eigenvalue weighted by Gasteiger charge is -2.34. The number of benzene rings is 3. The van der Waals surface area contributed by atoms with Crippen LogP contribution in [-0.4, -0.2) is 43.8 Å². The normalized spacial score (nSPS) is 12.9. The van der Waals surface area contributed by atoms with E-state index in [1.165, 1.54) is 17.0 Å². The zero-order valence-corrected chi connectivity index (χ0v) is 26.5. The molecule has 11 heteroatoms. The SMILES string of the molecule is CC[C@H](C(=O)N[C@@H](C)CC)N(Cc1c(Cl)cccc1Cl)C(=O)CN(c1cccc(Cl)c1C)S(=O)(=O)c1ccccc1. The predicted molar refractivity (Wildman–Crippen MR) is 166 cm³/mol. The average Bonchev–Trinajstić information content (AvgIpc) is 2.95. The maximum absolute atomic E-state index is 14.2. The summed E-state index contributed by atoms with van der Waals surface area (Å²) in [6, 6.07) is 16.6. The van der Waals surface area contributed by atoms with E-state index in [-0.39, 0.29) is 35.5 Å². The molecule has 3 rings (SSSR count). The minimum atomic E-state index is -4.21. The first-order chi connectivity index (χ1) is 19.4. The first kappa shape index (κ1) is 32.7. The Kier molecular flexibility index (Phi) is 11.5. The van der Waals surface area contributed by atoms with Crippen molar-refractivity contribution in [1.82, 2.24) is 10.2 Å². The first-order valence-corrected chi connectivity index (χ1v) is 15.8. The zero-order valence-electron chi connectivity index (χ0n) is 23.4. The van der Waals surface area contributed by atoms with Crippen LogP contribution < -0.4 is 9.62 Å². The monoisotopic (exact) mass is 637 g/mol. The van der Waals surface area contributed by atoms with Gasteiger partial charge < -0.3 is 10.2 Å². The summed E-state index contributed by atoms with van der Waals surface area (Å²) in [4.78, 5) is 29.0. The fourth-order valence-corrected chi connectivity index (χ4v) is 6.49. The quantitative estimate of drug-likeness (QED) is 0.235. The number of hydrogen-bond donors (Lipinski definition) is 1. The molecule has 0 aliphatic rings. The van der Waals surface area contributed by atoms with Crippen LogP contribution in [0.1, 0.15) is 44.7 Å². The summed E-state index contributed by atoms with van der Waals surface area (Å²) in [7, 11) is -4.21. The highest BCUT2D eigenvalue weighted by Gasteiger charge is 2.35. The van der Waals surface area contributed by atoms with Crippen LogP contribution in [0.5, 0.6) is 0 Å². The van der Waals surface area contributed by atoms with Gasteiger partial charge in [0.25, 0.3) is 10.0 Å². The van der Waals surface area contributed by atoms with E-state index in [1.54, 1.807) is 68.4 Å². The molecule has 0 aromatic heterocycles. The fraction of sp³-hybridized carbons (Fsp3) is 0.333. The Labute approximate surface area is 257 Å². The Morgan fingerprint density at radius 1 is 0.854 bits per heavy atom. The standard InChI is InChI=1S/C30H34Cl3N3O4S/c1-5-20(3)34-30(38)27(6-2)35(18-23-25(32)15-10-16-26(23)33)29(37)19-36(28-17-11-14-24(31)21(28)4)41(39,40)22-12-8-7-9-13-22/h7-17,20,27H,5-6,18-19H2,1-4H3,(H,34,38)/t20-,27+/m0/s1. The van der Waals surface area contributed by atoms with E-state index < -0.39 is 28.5 Å². The third-order valence-electron chi connectivity index (χ3n) is 6.89. The average molecular weight is 639 g/mol. The molecule has 0 aliphatic carbocycles. The third kappa shape index (κ3) is 7.74. The molecule has 41 heavy (non-hydrogen) atoms. The molecule has 0 fully saturated rings. The highest BCUT2D eigenvalue weighted by Crippen LogP contribution is 2.32. The van der Waals surface area contributed by atoms with Gasteiger partial charge in [-0.15, -0.1) is 0 Å². The molecule has 3 aromatic carbocycles. The van der Waals surface area contributed by atoms with Gasteiger partial charge in [-0.2, -0.15) is 0 Å². The smallest absolute Gasteiger partial charge is 0.264 e. The van der Waals surface area contributed by atoms with Crippen LogP contribution in [0, 0.1) is 6.92 Å². The molecule has 7 nitrogen and oxygen atoms in total. The second-order valence-corrected chi connectivity index (χ2v) is 12.8. The zero-order chi connectivity index (χ0) is 30.3. The van der Waals surface area contributed by atoms with Gasteiger partial charge in [0.1, 0.15) is 12.6 Å². The number of halogens is 3. The van der Waals surface area contributed by atoms with Crippen LogP contribution in [-0.2, 0) is 26.2 Å². The number of amides is 2. The molecule has 0 saturated carbocycles. The molecule has 0 heterocycles. The van der Waals surface area contributed by atoms with Crippen molar-refractivity contribution in [2.45, 2.75) is 64.1 Å². The molecular formula is C30H34Cl3N3O4S. The largest absolute Gasteiger partial charge is 0.352 e. The Morgan fingerprint density at radius 3 is 2.02 bits per heavy atom. The molecule has 0 unspecified atom stereocenters. The Balaban J connectivity index is 2.13. The lowest BCUT2D eigenvalue weighted by Crippen LogP contribution is -2.53. The van der Waals surface area contributed by atoms with Crippen molar-refractivity contribution in [2.75, 3.05) is 10.8 Å². The minimum Gasteiger partial charge on any atom is -0.352 e. The minimum absolute atomic E-state index is 0.00873. The summed E-state index contributed by atoms with van der Waals surface area (Å²) in [6.07, 6.45) is 0.974. The van der Waals surface area contributed by atoms with Crippen molar-refractivity contribution in [2.24, 2.45) is 0 Å². The summed E-state index contributed by atoms with van der Waals surface area (Å²) >= 11 is 19.3.